The van der Waals surface area contributed by atoms with E-state index in [0.29, 0.717) is 6.42 Å². The molecule has 0 radical (unpaired) electrons. The van der Waals surface area contributed by atoms with Crippen LogP contribution in [-0.4, -0.2) is 33.7 Å². The topological polar surface area (TPSA) is 75.3 Å². The molecule has 0 heterocycles. The molecule has 0 aliphatic carbocycles. The largest absolute Gasteiger partial charge is 0.355 e. The Morgan fingerprint density at radius 2 is 2.05 bits per heavy atom. The highest BCUT2D eigenvalue weighted by Gasteiger charge is 2.04. The molecule has 0 fully saturated rings. The lowest BCUT2D eigenvalue weighted by atomic mass is 10.1. The fourth-order valence-corrected chi connectivity index (χ4v) is 1.95. The summed E-state index contributed by atoms with van der Waals surface area (Å²) >= 11 is 0. The third-order valence-corrected chi connectivity index (χ3v) is 3.07. The van der Waals surface area contributed by atoms with Gasteiger partial charge in [-0.1, -0.05) is 12.1 Å². The van der Waals surface area contributed by atoms with Crippen molar-refractivity contribution >= 4 is 15.9 Å². The first-order valence-electron chi connectivity index (χ1n) is 5.82. The Morgan fingerprint density at radius 3 is 2.68 bits per heavy atom. The molecule has 1 aromatic rings. The molecule has 106 valence electrons. The molecule has 0 spiro atoms. The van der Waals surface area contributed by atoms with Gasteiger partial charge in [0.15, 0.2) is 0 Å². The highest BCUT2D eigenvalue weighted by Crippen LogP contribution is 2.05. The Kier molecular flexibility index (Phi) is 5.91. The van der Waals surface area contributed by atoms with Gasteiger partial charge in [-0.25, -0.2) is 17.5 Å². The molecule has 0 aliphatic rings. The number of sulfonamides is 1. The maximum absolute atomic E-state index is 12.9. The number of aryl methyl sites for hydroxylation is 1. The molecule has 0 atom stereocenters. The predicted octanol–water partition coefficient (Wildman–Crippen LogP) is 0.424. The highest BCUT2D eigenvalue weighted by atomic mass is 32.2. The second-order valence-electron chi connectivity index (χ2n) is 4.15. The zero-order valence-electron chi connectivity index (χ0n) is 10.6. The summed E-state index contributed by atoms with van der Waals surface area (Å²) in [6.07, 6.45) is 1.74. The number of rotatable bonds is 7. The van der Waals surface area contributed by atoms with Crippen LogP contribution in [0.1, 0.15) is 12.0 Å². The normalized spacial score (nSPS) is 11.3. The van der Waals surface area contributed by atoms with Crippen molar-refractivity contribution in [2.24, 2.45) is 0 Å². The lowest BCUT2D eigenvalue weighted by Gasteiger charge is -2.06. The molecule has 0 aliphatic heterocycles. The summed E-state index contributed by atoms with van der Waals surface area (Å²) in [4.78, 5) is 11.4. The molecule has 1 rings (SSSR count). The van der Waals surface area contributed by atoms with E-state index >= 15 is 0 Å². The van der Waals surface area contributed by atoms with E-state index in [9.17, 15) is 17.6 Å². The summed E-state index contributed by atoms with van der Waals surface area (Å²) in [7, 11) is -3.23. The fourth-order valence-electron chi connectivity index (χ4n) is 1.48. The van der Waals surface area contributed by atoms with E-state index < -0.39 is 10.0 Å². The van der Waals surface area contributed by atoms with E-state index in [1.165, 1.54) is 12.1 Å². The molecule has 0 saturated heterocycles. The molecule has 7 heteroatoms. The molecule has 0 aromatic heterocycles. The second-order valence-corrected chi connectivity index (χ2v) is 5.98. The standard InChI is InChI=1S/C12H17FN2O3S/c1-19(17,18)15-8-7-14-12(16)6-5-10-3-2-4-11(13)9-10/h2-4,9,15H,5-8H2,1H3,(H,14,16). The number of hydrogen-bond donors (Lipinski definition) is 2. The van der Waals surface area contributed by atoms with Gasteiger partial charge < -0.3 is 5.32 Å². The van der Waals surface area contributed by atoms with Crippen molar-refractivity contribution in [1.82, 2.24) is 10.0 Å². The van der Waals surface area contributed by atoms with Crippen LogP contribution in [0, 0.1) is 5.82 Å². The van der Waals surface area contributed by atoms with E-state index in [-0.39, 0.29) is 31.2 Å². The van der Waals surface area contributed by atoms with E-state index in [1.807, 2.05) is 0 Å². The summed E-state index contributed by atoms with van der Waals surface area (Å²) in [5.41, 5.74) is 0.754. The van der Waals surface area contributed by atoms with Gasteiger partial charge in [0.25, 0.3) is 0 Å². The zero-order valence-corrected chi connectivity index (χ0v) is 11.5. The number of hydrogen-bond acceptors (Lipinski definition) is 3. The van der Waals surface area contributed by atoms with Crippen molar-refractivity contribution < 1.29 is 17.6 Å². The number of carbonyl (C=O) groups is 1. The van der Waals surface area contributed by atoms with Crippen LogP contribution in [0.25, 0.3) is 0 Å². The van der Waals surface area contributed by atoms with Crippen LogP contribution in [0.15, 0.2) is 24.3 Å². The highest BCUT2D eigenvalue weighted by molar-refractivity contribution is 7.88. The van der Waals surface area contributed by atoms with E-state index in [4.69, 9.17) is 0 Å². The van der Waals surface area contributed by atoms with Crippen LogP contribution in [0.3, 0.4) is 0 Å². The zero-order chi connectivity index (χ0) is 14.3. The molecule has 1 aromatic carbocycles. The van der Waals surface area contributed by atoms with Crippen molar-refractivity contribution in [3.8, 4) is 0 Å². The van der Waals surface area contributed by atoms with Crippen molar-refractivity contribution in [1.29, 1.82) is 0 Å². The predicted molar refractivity (Wildman–Crippen MR) is 70.6 cm³/mol. The third-order valence-electron chi connectivity index (χ3n) is 2.34. The molecule has 0 bridgehead atoms. The van der Waals surface area contributed by atoms with E-state index in [2.05, 4.69) is 10.0 Å². The average molecular weight is 288 g/mol. The molecule has 5 nitrogen and oxygen atoms in total. The molecule has 0 saturated carbocycles. The Bertz CT molecular complexity index is 532. The summed E-state index contributed by atoms with van der Waals surface area (Å²) in [5.74, 6) is -0.519. The van der Waals surface area contributed by atoms with Gasteiger partial charge in [0.2, 0.25) is 15.9 Å². The first-order valence-corrected chi connectivity index (χ1v) is 7.72. The van der Waals surface area contributed by atoms with Crippen molar-refractivity contribution in [2.75, 3.05) is 19.3 Å². The molecule has 0 unspecified atom stereocenters. The number of nitrogens with one attached hydrogen (secondary N) is 2. The van der Waals surface area contributed by atoms with Crippen LogP contribution >= 0.6 is 0 Å². The molecular weight excluding hydrogens is 271 g/mol. The summed E-state index contributed by atoms with van der Waals surface area (Å²) in [6.45, 7) is 0.388. The number of benzene rings is 1. The second kappa shape index (κ2) is 7.20. The van der Waals surface area contributed by atoms with Crippen molar-refractivity contribution in [3.63, 3.8) is 0 Å². The molecule has 2 N–H and O–H groups in total. The Labute approximate surface area is 112 Å². The van der Waals surface area contributed by atoms with Crippen LogP contribution in [0.5, 0.6) is 0 Å². The van der Waals surface area contributed by atoms with Gasteiger partial charge in [-0.05, 0) is 24.1 Å². The first kappa shape index (κ1) is 15.6. The Balaban J connectivity index is 2.21. The number of halogens is 1. The maximum atomic E-state index is 12.9. The smallest absolute Gasteiger partial charge is 0.220 e. The quantitative estimate of drug-likeness (QED) is 0.714. The van der Waals surface area contributed by atoms with Crippen LogP contribution in [-0.2, 0) is 21.2 Å². The van der Waals surface area contributed by atoms with Crippen molar-refractivity contribution in [2.45, 2.75) is 12.8 Å². The molecule has 1 amide bonds. The number of carbonyl (C=O) groups excluding carboxylic acids is 1. The van der Waals surface area contributed by atoms with Gasteiger partial charge in [0.05, 0.1) is 6.26 Å². The minimum Gasteiger partial charge on any atom is -0.355 e. The van der Waals surface area contributed by atoms with Crippen molar-refractivity contribution in [3.05, 3.63) is 35.6 Å². The fraction of sp³-hybridized carbons (Fsp3) is 0.417. The lowest BCUT2D eigenvalue weighted by molar-refractivity contribution is -0.121. The third kappa shape index (κ3) is 7.53. The van der Waals surface area contributed by atoms with Crippen LogP contribution < -0.4 is 10.0 Å². The maximum Gasteiger partial charge on any atom is 0.220 e. The Hall–Kier alpha value is -1.47. The summed E-state index contributed by atoms with van der Waals surface area (Å²) < 4.78 is 36.7. The van der Waals surface area contributed by atoms with Gasteiger partial charge in [-0.15, -0.1) is 0 Å². The van der Waals surface area contributed by atoms with Gasteiger partial charge in [-0.3, -0.25) is 4.79 Å². The van der Waals surface area contributed by atoms with Gasteiger partial charge in [0, 0.05) is 19.5 Å². The minimum atomic E-state index is -3.23. The molecule has 19 heavy (non-hydrogen) atoms. The van der Waals surface area contributed by atoms with Gasteiger partial charge in [-0.2, -0.15) is 0 Å². The Morgan fingerprint density at radius 1 is 1.32 bits per heavy atom. The van der Waals surface area contributed by atoms with Crippen LogP contribution in [0.2, 0.25) is 0 Å². The monoisotopic (exact) mass is 288 g/mol. The molecular formula is C12H17FN2O3S. The minimum absolute atomic E-state index is 0.157. The first-order chi connectivity index (χ1) is 8.87. The number of amides is 1. The van der Waals surface area contributed by atoms with Gasteiger partial charge in [0.1, 0.15) is 5.82 Å². The summed E-state index contributed by atoms with van der Waals surface area (Å²) in [6, 6.07) is 6.08. The van der Waals surface area contributed by atoms with E-state index in [1.54, 1.807) is 12.1 Å². The SMILES string of the molecule is CS(=O)(=O)NCCNC(=O)CCc1cccc(F)c1. The van der Waals surface area contributed by atoms with E-state index in [0.717, 1.165) is 11.8 Å². The van der Waals surface area contributed by atoms with Crippen LogP contribution in [0.4, 0.5) is 4.39 Å². The lowest BCUT2D eigenvalue weighted by Crippen LogP contribution is -2.34. The average Bonchev–Trinajstić information content (AvgIpc) is 2.31. The summed E-state index contributed by atoms with van der Waals surface area (Å²) in [5, 5.41) is 2.58. The van der Waals surface area contributed by atoms with Gasteiger partial charge >= 0.3 is 0 Å².